The van der Waals surface area contributed by atoms with Crippen LogP contribution in [0.1, 0.15) is 51.2 Å². The Morgan fingerprint density at radius 1 is 1.19 bits per heavy atom. The molecule has 0 radical (unpaired) electrons. The summed E-state index contributed by atoms with van der Waals surface area (Å²) in [6.07, 6.45) is 3.56. The number of hydrogen-bond donors (Lipinski definition) is 3. The summed E-state index contributed by atoms with van der Waals surface area (Å²) in [5, 5.41) is 11.7. The van der Waals surface area contributed by atoms with Crippen molar-refractivity contribution in [1.82, 2.24) is 25.8 Å². The van der Waals surface area contributed by atoms with E-state index in [0.717, 1.165) is 29.3 Å². The fourth-order valence-electron chi connectivity index (χ4n) is 4.29. The van der Waals surface area contributed by atoms with E-state index in [1.807, 2.05) is 30.5 Å². The number of rotatable bonds is 3. The van der Waals surface area contributed by atoms with Crippen LogP contribution in [0.4, 0.5) is 0 Å². The van der Waals surface area contributed by atoms with Gasteiger partial charge in [0, 0.05) is 34.4 Å². The molecule has 7 heteroatoms. The van der Waals surface area contributed by atoms with Crippen molar-refractivity contribution < 1.29 is 9.32 Å². The number of amides is 1. The third-order valence-corrected chi connectivity index (χ3v) is 4.96. The van der Waals surface area contributed by atoms with Gasteiger partial charge >= 0.3 is 11.8 Å². The minimum Gasteiger partial charge on any atom is -0.361 e. The second kappa shape index (κ2) is 6.20. The molecule has 0 bridgehead atoms. The third-order valence-electron chi connectivity index (χ3n) is 4.96. The Morgan fingerprint density at radius 3 is 2.67 bits per heavy atom. The third kappa shape index (κ3) is 3.73. The van der Waals surface area contributed by atoms with Gasteiger partial charge in [0.1, 0.15) is 0 Å². The van der Waals surface area contributed by atoms with Gasteiger partial charge in [0.2, 0.25) is 5.82 Å². The minimum absolute atomic E-state index is 0.00859. The van der Waals surface area contributed by atoms with Crippen molar-refractivity contribution >= 4 is 16.8 Å². The van der Waals surface area contributed by atoms with Gasteiger partial charge < -0.3 is 20.1 Å². The molecule has 1 aliphatic heterocycles. The van der Waals surface area contributed by atoms with Crippen LogP contribution in [0.3, 0.4) is 0 Å². The first-order valence-corrected chi connectivity index (χ1v) is 9.22. The summed E-state index contributed by atoms with van der Waals surface area (Å²) in [6, 6.07) is 7.89. The highest BCUT2D eigenvalue weighted by atomic mass is 16.5. The molecule has 4 rings (SSSR count). The zero-order valence-corrected chi connectivity index (χ0v) is 16.1. The number of hydrogen-bond acceptors (Lipinski definition) is 5. The first kappa shape index (κ1) is 17.7. The molecule has 1 aliphatic rings. The first-order chi connectivity index (χ1) is 12.7. The van der Waals surface area contributed by atoms with E-state index in [1.54, 1.807) is 0 Å². The molecule has 1 fully saturated rings. The number of nitrogens with one attached hydrogen (secondary N) is 3. The van der Waals surface area contributed by atoms with Crippen LogP contribution in [0.2, 0.25) is 0 Å². The monoisotopic (exact) mass is 367 g/mol. The van der Waals surface area contributed by atoms with Crippen molar-refractivity contribution in [2.75, 3.05) is 0 Å². The highest BCUT2D eigenvalue weighted by Crippen LogP contribution is 2.28. The summed E-state index contributed by atoms with van der Waals surface area (Å²) in [5.41, 5.74) is 1.69. The average Bonchev–Trinajstić information content (AvgIpc) is 3.20. The SMILES string of the molecule is CC1(C)CC(NC(=O)c2nc(-c3ccc4cc[nH]c4c3)no2)CC(C)(C)N1. The fourth-order valence-corrected chi connectivity index (χ4v) is 4.29. The van der Waals surface area contributed by atoms with Crippen molar-refractivity contribution in [2.45, 2.75) is 57.7 Å². The smallest absolute Gasteiger partial charge is 0.316 e. The van der Waals surface area contributed by atoms with Crippen LogP contribution in [-0.2, 0) is 0 Å². The predicted molar refractivity (Wildman–Crippen MR) is 103 cm³/mol. The first-order valence-electron chi connectivity index (χ1n) is 9.22. The van der Waals surface area contributed by atoms with Crippen molar-refractivity contribution in [1.29, 1.82) is 0 Å². The van der Waals surface area contributed by atoms with Crippen LogP contribution in [-0.4, -0.2) is 38.2 Å². The molecule has 0 aliphatic carbocycles. The summed E-state index contributed by atoms with van der Waals surface area (Å²) in [4.78, 5) is 20.1. The van der Waals surface area contributed by atoms with E-state index in [4.69, 9.17) is 4.52 Å². The molecule has 0 unspecified atom stereocenters. The lowest BCUT2D eigenvalue weighted by Gasteiger charge is -2.46. The Bertz CT molecular complexity index is 969. The lowest BCUT2D eigenvalue weighted by molar-refractivity contribution is 0.0830. The zero-order chi connectivity index (χ0) is 19.2. The van der Waals surface area contributed by atoms with Crippen LogP contribution in [0.25, 0.3) is 22.3 Å². The number of nitrogens with zero attached hydrogens (tertiary/aromatic N) is 2. The Balaban J connectivity index is 1.50. The number of carbonyl (C=O) groups excluding carboxylic acids is 1. The molecule has 1 saturated heterocycles. The van der Waals surface area contributed by atoms with Crippen LogP contribution >= 0.6 is 0 Å². The number of benzene rings is 1. The second-order valence-corrected chi connectivity index (χ2v) is 8.67. The van der Waals surface area contributed by atoms with Gasteiger partial charge in [0.05, 0.1) is 0 Å². The Labute approximate surface area is 157 Å². The number of aromatic amines is 1. The molecule has 3 heterocycles. The van der Waals surface area contributed by atoms with Gasteiger partial charge in [-0.2, -0.15) is 4.98 Å². The summed E-state index contributed by atoms with van der Waals surface area (Å²) in [7, 11) is 0. The van der Waals surface area contributed by atoms with E-state index in [0.29, 0.717) is 5.82 Å². The van der Waals surface area contributed by atoms with Gasteiger partial charge in [-0.1, -0.05) is 17.3 Å². The van der Waals surface area contributed by atoms with Gasteiger partial charge in [-0.3, -0.25) is 4.79 Å². The van der Waals surface area contributed by atoms with Crippen molar-refractivity contribution in [3.05, 3.63) is 36.4 Å². The molecule has 3 aromatic rings. The Hall–Kier alpha value is -2.67. The Morgan fingerprint density at radius 2 is 1.93 bits per heavy atom. The topological polar surface area (TPSA) is 95.8 Å². The molecule has 27 heavy (non-hydrogen) atoms. The molecule has 142 valence electrons. The maximum atomic E-state index is 12.6. The maximum Gasteiger partial charge on any atom is 0.316 e. The molecule has 2 aromatic heterocycles. The molecule has 0 spiro atoms. The van der Waals surface area contributed by atoms with E-state index in [2.05, 4.69) is 53.5 Å². The summed E-state index contributed by atoms with van der Waals surface area (Å²) in [6.45, 7) is 8.59. The summed E-state index contributed by atoms with van der Waals surface area (Å²) < 4.78 is 5.22. The number of H-pyrrole nitrogens is 1. The number of aromatic nitrogens is 3. The van der Waals surface area contributed by atoms with Crippen molar-refractivity contribution in [2.24, 2.45) is 0 Å². The standard InChI is InChI=1S/C20H25N5O2/c1-19(2)10-14(11-20(3,4)25-19)22-17(26)18-23-16(24-27-18)13-6-5-12-7-8-21-15(12)9-13/h5-9,14,21,25H,10-11H2,1-4H3,(H,22,26). The zero-order valence-electron chi connectivity index (χ0n) is 16.1. The maximum absolute atomic E-state index is 12.6. The number of fused-ring (bicyclic) bond motifs is 1. The van der Waals surface area contributed by atoms with Crippen LogP contribution in [0.5, 0.6) is 0 Å². The lowest BCUT2D eigenvalue weighted by atomic mass is 9.79. The van der Waals surface area contributed by atoms with Crippen molar-refractivity contribution in [3.63, 3.8) is 0 Å². The highest BCUT2D eigenvalue weighted by molar-refractivity contribution is 5.90. The van der Waals surface area contributed by atoms with Crippen molar-refractivity contribution in [3.8, 4) is 11.4 Å². The molecular formula is C20H25N5O2. The largest absolute Gasteiger partial charge is 0.361 e. The van der Waals surface area contributed by atoms with E-state index in [-0.39, 0.29) is 28.9 Å². The molecule has 1 aromatic carbocycles. The van der Waals surface area contributed by atoms with Gasteiger partial charge in [0.25, 0.3) is 0 Å². The predicted octanol–water partition coefficient (Wildman–Crippen LogP) is 3.26. The van der Waals surface area contributed by atoms with E-state index in [9.17, 15) is 4.79 Å². The molecular weight excluding hydrogens is 342 g/mol. The molecule has 0 saturated carbocycles. The molecule has 0 atom stereocenters. The minimum atomic E-state index is -0.326. The molecule has 1 amide bonds. The van der Waals surface area contributed by atoms with E-state index < -0.39 is 0 Å². The second-order valence-electron chi connectivity index (χ2n) is 8.67. The number of piperidine rings is 1. The van der Waals surface area contributed by atoms with Gasteiger partial charge in [-0.15, -0.1) is 0 Å². The quantitative estimate of drug-likeness (QED) is 0.660. The van der Waals surface area contributed by atoms with Crippen LogP contribution in [0, 0.1) is 0 Å². The van der Waals surface area contributed by atoms with Gasteiger partial charge in [-0.05, 0) is 58.1 Å². The average molecular weight is 367 g/mol. The van der Waals surface area contributed by atoms with Crippen LogP contribution < -0.4 is 10.6 Å². The highest BCUT2D eigenvalue weighted by Gasteiger charge is 2.38. The molecule has 7 nitrogen and oxygen atoms in total. The van der Waals surface area contributed by atoms with E-state index >= 15 is 0 Å². The lowest BCUT2D eigenvalue weighted by Crippen LogP contribution is -2.62. The van der Waals surface area contributed by atoms with Gasteiger partial charge in [-0.25, -0.2) is 0 Å². The summed E-state index contributed by atoms with van der Waals surface area (Å²) >= 11 is 0. The fraction of sp³-hybridized carbons (Fsp3) is 0.450. The normalized spacial score (nSPS) is 19.3. The van der Waals surface area contributed by atoms with E-state index in [1.165, 1.54) is 0 Å². The summed E-state index contributed by atoms with van der Waals surface area (Å²) in [5.74, 6) is 0.0709. The van der Waals surface area contributed by atoms with Gasteiger partial charge in [0.15, 0.2) is 0 Å². The molecule has 3 N–H and O–H groups in total. The van der Waals surface area contributed by atoms with Crippen LogP contribution in [0.15, 0.2) is 35.0 Å². The Kier molecular flexibility index (Phi) is 4.07. The number of carbonyl (C=O) groups is 1.